The number of hydrogen-bond acceptors (Lipinski definition) is 6. The standard InChI is InChI=1S/C16H21ClFN5O2/c17-16-20-14(19-9-3-1-2-4-9)10-6-23(22-15(10)21-16)11-5-8(7-24)13(25)12(11)18/h6,8-9,11-13,24-25H,1-5,7H2,(H,19,20,21,22)/t8-,11-,12-,13-/m1/s1. The van der Waals surface area contributed by atoms with Gasteiger partial charge in [0.1, 0.15) is 12.0 Å². The van der Waals surface area contributed by atoms with E-state index in [4.69, 9.17) is 11.6 Å². The molecule has 136 valence electrons. The number of nitrogens with one attached hydrogen (secondary N) is 1. The number of hydrogen-bond donors (Lipinski definition) is 3. The van der Waals surface area contributed by atoms with Crippen LogP contribution in [0.15, 0.2) is 6.20 Å². The first-order chi connectivity index (χ1) is 12.1. The van der Waals surface area contributed by atoms with Gasteiger partial charge in [-0.05, 0) is 30.9 Å². The fourth-order valence-electron chi connectivity index (χ4n) is 3.94. The van der Waals surface area contributed by atoms with Crippen LogP contribution < -0.4 is 5.32 Å². The SMILES string of the molecule is OC[C@H]1C[C@@H](n2cc3c(NC4CCCC4)nc(Cl)nc3n2)[C@@H](F)[C@@H]1O. The lowest BCUT2D eigenvalue weighted by atomic mass is 10.1. The lowest BCUT2D eigenvalue weighted by Crippen LogP contribution is -2.27. The number of nitrogens with zero attached hydrogens (tertiary/aromatic N) is 4. The van der Waals surface area contributed by atoms with Gasteiger partial charge < -0.3 is 15.5 Å². The fourth-order valence-corrected chi connectivity index (χ4v) is 4.11. The van der Waals surface area contributed by atoms with Gasteiger partial charge in [-0.25, -0.2) is 4.39 Å². The van der Waals surface area contributed by atoms with E-state index in [1.54, 1.807) is 6.20 Å². The first-order valence-electron chi connectivity index (χ1n) is 8.68. The molecule has 0 spiro atoms. The summed E-state index contributed by atoms with van der Waals surface area (Å²) >= 11 is 6.02. The fraction of sp³-hybridized carbons (Fsp3) is 0.688. The van der Waals surface area contributed by atoms with Crippen molar-refractivity contribution in [2.75, 3.05) is 11.9 Å². The molecule has 9 heteroatoms. The van der Waals surface area contributed by atoms with Crippen molar-refractivity contribution >= 4 is 28.5 Å². The summed E-state index contributed by atoms with van der Waals surface area (Å²) in [6, 6.07) is -0.294. The lowest BCUT2D eigenvalue weighted by Gasteiger charge is -2.14. The molecule has 2 aliphatic carbocycles. The second-order valence-corrected chi connectivity index (χ2v) is 7.33. The van der Waals surface area contributed by atoms with Crippen LogP contribution in [0, 0.1) is 5.92 Å². The van der Waals surface area contributed by atoms with Crippen molar-refractivity contribution in [1.29, 1.82) is 0 Å². The van der Waals surface area contributed by atoms with Gasteiger partial charge in [0.15, 0.2) is 5.65 Å². The van der Waals surface area contributed by atoms with Gasteiger partial charge in [0.25, 0.3) is 0 Å². The Bertz CT molecular complexity index is 766. The Balaban J connectivity index is 1.67. The molecule has 0 amide bonds. The second kappa shape index (κ2) is 6.66. The molecule has 2 saturated carbocycles. The van der Waals surface area contributed by atoms with Gasteiger partial charge in [0.2, 0.25) is 5.28 Å². The molecule has 3 N–H and O–H groups in total. The maximum absolute atomic E-state index is 14.4. The highest BCUT2D eigenvalue weighted by Crippen LogP contribution is 2.38. The molecule has 2 aliphatic rings. The highest BCUT2D eigenvalue weighted by Gasteiger charge is 2.44. The molecule has 0 aromatic carbocycles. The summed E-state index contributed by atoms with van der Waals surface area (Å²) in [5.41, 5.74) is 0.398. The zero-order valence-corrected chi connectivity index (χ0v) is 14.4. The summed E-state index contributed by atoms with van der Waals surface area (Å²) in [4.78, 5) is 8.41. The summed E-state index contributed by atoms with van der Waals surface area (Å²) in [7, 11) is 0. The second-order valence-electron chi connectivity index (χ2n) is 6.99. The smallest absolute Gasteiger partial charge is 0.226 e. The van der Waals surface area contributed by atoms with Crippen LogP contribution in [-0.4, -0.2) is 54.9 Å². The van der Waals surface area contributed by atoms with Gasteiger partial charge in [0.05, 0.1) is 17.5 Å². The van der Waals surface area contributed by atoms with E-state index in [1.165, 1.54) is 17.5 Å². The van der Waals surface area contributed by atoms with Crippen LogP contribution in [0.3, 0.4) is 0 Å². The minimum absolute atomic E-state index is 0.0923. The number of alkyl halides is 1. The first kappa shape index (κ1) is 16.9. The van der Waals surface area contributed by atoms with E-state index in [-0.39, 0.29) is 11.9 Å². The largest absolute Gasteiger partial charge is 0.396 e. The zero-order chi connectivity index (χ0) is 17.6. The molecule has 25 heavy (non-hydrogen) atoms. The average molecular weight is 370 g/mol. The van der Waals surface area contributed by atoms with Gasteiger partial charge in [-0.1, -0.05) is 12.8 Å². The summed E-state index contributed by atoms with van der Waals surface area (Å²) in [5, 5.41) is 27.7. The Labute approximate surface area is 149 Å². The van der Waals surface area contributed by atoms with Crippen LogP contribution in [0.25, 0.3) is 11.0 Å². The van der Waals surface area contributed by atoms with E-state index in [1.807, 2.05) is 0 Å². The molecular formula is C16H21ClFN5O2. The van der Waals surface area contributed by atoms with Gasteiger partial charge in [0, 0.05) is 24.8 Å². The Kier molecular flexibility index (Phi) is 4.51. The Morgan fingerprint density at radius 1 is 1.32 bits per heavy atom. The minimum atomic E-state index is -1.49. The quantitative estimate of drug-likeness (QED) is 0.714. The molecule has 0 unspecified atom stereocenters. The zero-order valence-electron chi connectivity index (χ0n) is 13.6. The predicted octanol–water partition coefficient (Wildman–Crippen LogP) is 2.09. The number of aliphatic hydroxyl groups is 2. The number of aliphatic hydroxyl groups excluding tert-OH is 2. The van der Waals surface area contributed by atoms with Crippen molar-refractivity contribution in [2.45, 2.75) is 56.5 Å². The van der Waals surface area contributed by atoms with E-state index < -0.39 is 24.2 Å². The normalized spacial score (nSPS) is 30.4. The maximum Gasteiger partial charge on any atom is 0.226 e. The van der Waals surface area contributed by atoms with Gasteiger partial charge in [-0.3, -0.25) is 4.68 Å². The summed E-state index contributed by atoms with van der Waals surface area (Å²) in [6.45, 7) is -0.251. The van der Waals surface area contributed by atoms with E-state index in [0.29, 0.717) is 29.3 Å². The Morgan fingerprint density at radius 2 is 2.08 bits per heavy atom. The number of aromatic nitrogens is 4. The average Bonchev–Trinajstić information content (AvgIpc) is 3.29. The Morgan fingerprint density at radius 3 is 2.76 bits per heavy atom. The highest BCUT2D eigenvalue weighted by molar-refractivity contribution is 6.28. The van der Waals surface area contributed by atoms with E-state index in [2.05, 4.69) is 20.4 Å². The van der Waals surface area contributed by atoms with Crippen molar-refractivity contribution in [3.8, 4) is 0 Å². The topological polar surface area (TPSA) is 96.1 Å². The molecular weight excluding hydrogens is 349 g/mol. The van der Waals surface area contributed by atoms with Crippen molar-refractivity contribution in [2.24, 2.45) is 5.92 Å². The summed E-state index contributed by atoms with van der Waals surface area (Å²) in [6.07, 6.45) is 3.88. The van der Waals surface area contributed by atoms with Gasteiger partial charge >= 0.3 is 0 Å². The summed E-state index contributed by atoms with van der Waals surface area (Å²) in [5.74, 6) is 0.124. The molecule has 2 heterocycles. The Hall–Kier alpha value is -1.51. The van der Waals surface area contributed by atoms with Crippen LogP contribution in [0.2, 0.25) is 5.28 Å². The van der Waals surface area contributed by atoms with Crippen LogP contribution in [-0.2, 0) is 0 Å². The van der Waals surface area contributed by atoms with Crippen LogP contribution in [0.1, 0.15) is 38.1 Å². The number of rotatable bonds is 4. The van der Waals surface area contributed by atoms with Crippen molar-refractivity contribution < 1.29 is 14.6 Å². The molecule has 0 radical (unpaired) electrons. The van der Waals surface area contributed by atoms with Crippen molar-refractivity contribution in [3.05, 3.63) is 11.5 Å². The molecule has 2 fully saturated rings. The van der Waals surface area contributed by atoms with E-state index >= 15 is 0 Å². The van der Waals surface area contributed by atoms with E-state index in [9.17, 15) is 14.6 Å². The van der Waals surface area contributed by atoms with Crippen LogP contribution in [0.5, 0.6) is 0 Å². The first-order valence-corrected chi connectivity index (χ1v) is 9.06. The molecule has 2 aromatic heterocycles. The van der Waals surface area contributed by atoms with E-state index in [0.717, 1.165) is 12.8 Å². The number of fused-ring (bicyclic) bond motifs is 1. The van der Waals surface area contributed by atoms with Gasteiger partial charge in [-0.2, -0.15) is 15.1 Å². The van der Waals surface area contributed by atoms with Crippen molar-refractivity contribution in [1.82, 2.24) is 19.7 Å². The molecule has 0 saturated heterocycles. The monoisotopic (exact) mass is 369 g/mol. The molecule has 0 aliphatic heterocycles. The molecule has 4 rings (SSSR count). The minimum Gasteiger partial charge on any atom is -0.396 e. The predicted molar refractivity (Wildman–Crippen MR) is 91.3 cm³/mol. The van der Waals surface area contributed by atoms with Gasteiger partial charge in [-0.15, -0.1) is 0 Å². The molecule has 4 atom stereocenters. The molecule has 0 bridgehead atoms. The molecule has 2 aromatic rings. The third-order valence-corrected chi connectivity index (χ3v) is 5.53. The number of anilines is 1. The third-order valence-electron chi connectivity index (χ3n) is 5.36. The van der Waals surface area contributed by atoms with Crippen LogP contribution >= 0.6 is 11.6 Å². The highest BCUT2D eigenvalue weighted by atomic mass is 35.5. The lowest BCUT2D eigenvalue weighted by molar-refractivity contribution is 0.0391. The number of halogens is 2. The summed E-state index contributed by atoms with van der Waals surface area (Å²) < 4.78 is 15.9. The molecule has 7 nitrogen and oxygen atoms in total. The van der Waals surface area contributed by atoms with Crippen LogP contribution in [0.4, 0.5) is 10.2 Å². The maximum atomic E-state index is 14.4. The van der Waals surface area contributed by atoms with Crippen molar-refractivity contribution in [3.63, 3.8) is 0 Å². The third kappa shape index (κ3) is 3.07.